The highest BCUT2D eigenvalue weighted by molar-refractivity contribution is 4.99. The topological polar surface area (TPSA) is 44.7 Å². The predicted octanol–water partition coefficient (Wildman–Crippen LogP) is 0.600. The van der Waals surface area contributed by atoms with Crippen LogP contribution in [0.3, 0.4) is 0 Å². The Morgan fingerprint density at radius 1 is 1.53 bits per heavy atom. The van der Waals surface area contributed by atoms with Crippen LogP contribution in [0.15, 0.2) is 0 Å². The van der Waals surface area contributed by atoms with E-state index in [-0.39, 0.29) is 12.1 Å². The zero-order valence-electron chi connectivity index (χ0n) is 11.1. The van der Waals surface area contributed by atoms with Gasteiger partial charge in [0.05, 0.1) is 12.7 Å². The summed E-state index contributed by atoms with van der Waals surface area (Å²) in [4.78, 5) is 2.56. The van der Waals surface area contributed by atoms with Gasteiger partial charge in [-0.05, 0) is 39.7 Å². The van der Waals surface area contributed by atoms with Crippen molar-refractivity contribution < 1.29 is 9.84 Å². The van der Waals surface area contributed by atoms with Gasteiger partial charge in [-0.3, -0.25) is 4.90 Å². The summed E-state index contributed by atoms with van der Waals surface area (Å²) in [6, 6.07) is 0.610. The van der Waals surface area contributed by atoms with E-state index in [1.807, 2.05) is 7.05 Å². The summed E-state index contributed by atoms with van der Waals surface area (Å²) >= 11 is 0. The van der Waals surface area contributed by atoms with Crippen LogP contribution in [0.5, 0.6) is 0 Å². The average Bonchev–Trinajstić information content (AvgIpc) is 2.67. The Morgan fingerprint density at radius 3 is 3.00 bits per heavy atom. The van der Waals surface area contributed by atoms with E-state index in [9.17, 15) is 5.11 Å². The van der Waals surface area contributed by atoms with Crippen molar-refractivity contribution in [2.75, 3.05) is 33.4 Å². The van der Waals surface area contributed by atoms with Crippen molar-refractivity contribution in [1.82, 2.24) is 10.2 Å². The van der Waals surface area contributed by atoms with Gasteiger partial charge in [0.25, 0.3) is 0 Å². The highest BCUT2D eigenvalue weighted by Crippen LogP contribution is 2.33. The Bertz CT molecular complexity index is 244. The van der Waals surface area contributed by atoms with Crippen LogP contribution in [0.2, 0.25) is 0 Å². The molecule has 1 saturated heterocycles. The number of nitrogens with one attached hydrogen (secondary N) is 1. The molecule has 4 nitrogen and oxygen atoms in total. The van der Waals surface area contributed by atoms with E-state index in [1.165, 1.54) is 6.42 Å². The molecular formula is C13H26N2O2. The summed E-state index contributed by atoms with van der Waals surface area (Å²) < 4.78 is 5.69. The molecule has 2 fully saturated rings. The first-order chi connectivity index (χ1) is 8.19. The fourth-order valence-corrected chi connectivity index (χ4v) is 3.22. The van der Waals surface area contributed by atoms with Gasteiger partial charge in [0.1, 0.15) is 0 Å². The third-order valence-electron chi connectivity index (χ3n) is 4.42. The molecule has 0 spiro atoms. The minimum atomic E-state index is -0.0406. The summed E-state index contributed by atoms with van der Waals surface area (Å²) in [6.07, 6.45) is 4.81. The van der Waals surface area contributed by atoms with Gasteiger partial charge in [-0.1, -0.05) is 0 Å². The quantitative estimate of drug-likeness (QED) is 0.761. The molecule has 2 N–H and O–H groups in total. The Labute approximate surface area is 104 Å². The molecule has 0 amide bonds. The van der Waals surface area contributed by atoms with Crippen LogP contribution < -0.4 is 5.32 Å². The molecule has 2 rings (SSSR count). The molecule has 4 heteroatoms. The molecule has 1 heterocycles. The van der Waals surface area contributed by atoms with Crippen LogP contribution in [0, 0.1) is 0 Å². The highest BCUT2D eigenvalue weighted by atomic mass is 16.5. The summed E-state index contributed by atoms with van der Waals surface area (Å²) in [6.45, 7) is 5.47. The second-order valence-corrected chi connectivity index (χ2v) is 5.61. The Balaban J connectivity index is 1.94. The maximum atomic E-state index is 9.53. The van der Waals surface area contributed by atoms with Crippen molar-refractivity contribution in [1.29, 1.82) is 0 Å². The largest absolute Gasteiger partial charge is 0.394 e. The van der Waals surface area contributed by atoms with E-state index >= 15 is 0 Å². The first kappa shape index (κ1) is 13.3. The van der Waals surface area contributed by atoms with Gasteiger partial charge in [0.15, 0.2) is 0 Å². The molecule has 100 valence electrons. The monoisotopic (exact) mass is 242 g/mol. The Hall–Kier alpha value is -0.160. The molecule has 17 heavy (non-hydrogen) atoms. The van der Waals surface area contributed by atoms with E-state index in [0.29, 0.717) is 12.1 Å². The van der Waals surface area contributed by atoms with Crippen molar-refractivity contribution in [3.8, 4) is 0 Å². The lowest BCUT2D eigenvalue weighted by molar-refractivity contribution is 0.0595. The lowest BCUT2D eigenvalue weighted by Gasteiger charge is -2.31. The van der Waals surface area contributed by atoms with Gasteiger partial charge in [0.2, 0.25) is 0 Å². The first-order valence-corrected chi connectivity index (χ1v) is 6.84. The SMILES string of the molecule is CNC1(CO)CCC(N2CCCOC(C)C2)C1. The summed E-state index contributed by atoms with van der Waals surface area (Å²) in [5.74, 6) is 0. The van der Waals surface area contributed by atoms with Gasteiger partial charge in [-0.25, -0.2) is 0 Å². The van der Waals surface area contributed by atoms with Gasteiger partial charge in [0, 0.05) is 31.3 Å². The number of aliphatic hydroxyl groups is 1. The normalized spacial score (nSPS) is 40.4. The minimum absolute atomic E-state index is 0.0406. The molecule has 0 aromatic rings. The Morgan fingerprint density at radius 2 is 2.35 bits per heavy atom. The fraction of sp³-hybridized carbons (Fsp3) is 1.00. The third kappa shape index (κ3) is 2.99. The maximum Gasteiger partial charge on any atom is 0.0674 e. The van der Waals surface area contributed by atoms with Crippen molar-refractivity contribution in [2.45, 2.75) is 50.3 Å². The van der Waals surface area contributed by atoms with Crippen molar-refractivity contribution in [3.63, 3.8) is 0 Å². The van der Waals surface area contributed by atoms with Crippen LogP contribution in [-0.4, -0.2) is 61.0 Å². The number of nitrogens with zero attached hydrogens (tertiary/aromatic N) is 1. The average molecular weight is 242 g/mol. The standard InChI is InChI=1S/C13H26N2O2/c1-11-9-15(6-3-7-17-11)12-4-5-13(8-12,10-16)14-2/h11-12,14,16H,3-10H2,1-2H3. The van der Waals surface area contributed by atoms with Crippen molar-refractivity contribution in [2.24, 2.45) is 0 Å². The van der Waals surface area contributed by atoms with Gasteiger partial charge < -0.3 is 15.2 Å². The van der Waals surface area contributed by atoms with E-state index in [2.05, 4.69) is 17.1 Å². The molecule has 0 bridgehead atoms. The number of rotatable bonds is 3. The maximum absolute atomic E-state index is 9.53. The van der Waals surface area contributed by atoms with Crippen LogP contribution in [0.25, 0.3) is 0 Å². The van der Waals surface area contributed by atoms with Gasteiger partial charge in [-0.15, -0.1) is 0 Å². The van der Waals surface area contributed by atoms with Gasteiger partial charge in [-0.2, -0.15) is 0 Å². The summed E-state index contributed by atoms with van der Waals surface area (Å²) in [5, 5.41) is 12.8. The van der Waals surface area contributed by atoms with Crippen LogP contribution >= 0.6 is 0 Å². The van der Waals surface area contributed by atoms with Crippen molar-refractivity contribution >= 4 is 0 Å². The number of hydrogen-bond acceptors (Lipinski definition) is 4. The fourth-order valence-electron chi connectivity index (χ4n) is 3.22. The lowest BCUT2D eigenvalue weighted by atomic mass is 9.99. The second-order valence-electron chi connectivity index (χ2n) is 5.61. The first-order valence-electron chi connectivity index (χ1n) is 6.84. The molecule has 1 aliphatic heterocycles. The molecule has 2 aliphatic rings. The summed E-state index contributed by atoms with van der Waals surface area (Å²) in [7, 11) is 1.97. The molecule has 1 saturated carbocycles. The molecular weight excluding hydrogens is 216 g/mol. The zero-order chi connectivity index (χ0) is 12.3. The predicted molar refractivity (Wildman–Crippen MR) is 68.1 cm³/mol. The molecule has 0 aromatic heterocycles. The number of hydrogen-bond donors (Lipinski definition) is 2. The van der Waals surface area contributed by atoms with Crippen LogP contribution in [-0.2, 0) is 4.74 Å². The smallest absolute Gasteiger partial charge is 0.0674 e. The minimum Gasteiger partial charge on any atom is -0.394 e. The van der Waals surface area contributed by atoms with Crippen LogP contribution in [0.1, 0.15) is 32.6 Å². The number of likely N-dealkylation sites (N-methyl/N-ethyl adjacent to an activating group) is 1. The van der Waals surface area contributed by atoms with Gasteiger partial charge >= 0.3 is 0 Å². The molecule has 3 atom stereocenters. The highest BCUT2D eigenvalue weighted by Gasteiger charge is 2.40. The molecule has 0 aromatic carbocycles. The lowest BCUT2D eigenvalue weighted by Crippen LogP contribution is -2.46. The second kappa shape index (κ2) is 5.65. The number of aliphatic hydroxyl groups excluding tert-OH is 1. The summed E-state index contributed by atoms with van der Waals surface area (Å²) in [5.41, 5.74) is -0.0406. The Kier molecular flexibility index (Phi) is 4.42. The third-order valence-corrected chi connectivity index (χ3v) is 4.42. The zero-order valence-corrected chi connectivity index (χ0v) is 11.1. The van der Waals surface area contributed by atoms with E-state index in [0.717, 1.165) is 39.0 Å². The van der Waals surface area contributed by atoms with Crippen LogP contribution in [0.4, 0.5) is 0 Å². The molecule has 3 unspecified atom stereocenters. The molecule has 0 radical (unpaired) electrons. The molecule has 1 aliphatic carbocycles. The van der Waals surface area contributed by atoms with Crippen molar-refractivity contribution in [3.05, 3.63) is 0 Å². The van der Waals surface area contributed by atoms with E-state index < -0.39 is 0 Å². The van der Waals surface area contributed by atoms with E-state index in [4.69, 9.17) is 4.74 Å². The van der Waals surface area contributed by atoms with E-state index in [1.54, 1.807) is 0 Å². The number of ether oxygens (including phenoxy) is 1.